The van der Waals surface area contributed by atoms with E-state index in [4.69, 9.17) is 4.74 Å². The maximum atomic E-state index is 13.2. The summed E-state index contributed by atoms with van der Waals surface area (Å²) in [5.74, 6) is -1.82. The molecule has 5 rings (SSSR count). The lowest BCUT2D eigenvalue weighted by molar-refractivity contribution is -0.124. The van der Waals surface area contributed by atoms with Gasteiger partial charge in [0.2, 0.25) is 5.91 Å². The molecule has 0 bridgehead atoms. The zero-order valence-electron chi connectivity index (χ0n) is 19.7. The molecule has 8 nitrogen and oxygen atoms in total. The number of rotatable bonds is 7. The van der Waals surface area contributed by atoms with Crippen molar-refractivity contribution in [3.8, 4) is 11.1 Å². The fraction of sp³-hybridized carbons (Fsp3) is 0.250. The average Bonchev–Trinajstić information content (AvgIpc) is 3.72. The third-order valence-electron chi connectivity index (χ3n) is 6.77. The van der Waals surface area contributed by atoms with Gasteiger partial charge in [-0.2, -0.15) is 0 Å². The summed E-state index contributed by atoms with van der Waals surface area (Å²) in [4.78, 5) is 40.1. The summed E-state index contributed by atoms with van der Waals surface area (Å²) < 4.78 is 5.40. The molecule has 8 heteroatoms. The van der Waals surface area contributed by atoms with E-state index in [9.17, 15) is 19.5 Å². The Labute approximate surface area is 208 Å². The Hall–Kier alpha value is -4.01. The summed E-state index contributed by atoms with van der Waals surface area (Å²) in [5, 5.41) is 15.3. The molecule has 0 radical (unpaired) electrons. The number of amides is 2. The predicted octanol–water partition coefficient (Wildman–Crippen LogP) is 4.11. The lowest BCUT2D eigenvalue weighted by Gasteiger charge is -2.33. The highest BCUT2D eigenvalue weighted by Gasteiger charge is 2.54. The molecule has 0 unspecified atom stereocenters. The number of ether oxygens (including phenoxy) is 1. The number of carbonyl (C=O) groups excluding carboxylic acids is 2. The molecule has 36 heavy (non-hydrogen) atoms. The van der Waals surface area contributed by atoms with Crippen LogP contribution in [0.4, 0.5) is 11.4 Å². The van der Waals surface area contributed by atoms with E-state index in [0.29, 0.717) is 44.8 Å². The Morgan fingerprint density at radius 2 is 1.50 bits per heavy atom. The van der Waals surface area contributed by atoms with Crippen molar-refractivity contribution in [1.82, 2.24) is 4.90 Å². The molecule has 3 aromatic carbocycles. The van der Waals surface area contributed by atoms with Crippen LogP contribution in [0, 0.1) is 0 Å². The van der Waals surface area contributed by atoms with Gasteiger partial charge >= 0.3 is 5.97 Å². The van der Waals surface area contributed by atoms with Gasteiger partial charge in [0.15, 0.2) is 0 Å². The van der Waals surface area contributed by atoms with E-state index in [2.05, 4.69) is 15.5 Å². The van der Waals surface area contributed by atoms with Crippen molar-refractivity contribution < 1.29 is 24.2 Å². The summed E-state index contributed by atoms with van der Waals surface area (Å²) in [6.07, 6.45) is 1.42. The van der Waals surface area contributed by atoms with E-state index in [1.807, 2.05) is 54.6 Å². The molecular formula is C28H27N3O5. The number of carboxylic acids is 1. The first kappa shape index (κ1) is 23.7. The molecule has 3 aromatic rings. The van der Waals surface area contributed by atoms with Crippen molar-refractivity contribution in [1.29, 1.82) is 0 Å². The normalized spacial score (nSPS) is 16.7. The van der Waals surface area contributed by atoms with Crippen LogP contribution in [0.2, 0.25) is 0 Å². The number of nitrogens with one attached hydrogen (secondary N) is 2. The second-order valence-electron chi connectivity index (χ2n) is 9.05. The minimum absolute atomic E-state index is 0.0649. The Morgan fingerprint density at radius 1 is 0.833 bits per heavy atom. The Morgan fingerprint density at radius 3 is 2.14 bits per heavy atom. The van der Waals surface area contributed by atoms with Crippen LogP contribution in [0.3, 0.4) is 0 Å². The molecule has 2 amide bonds. The van der Waals surface area contributed by atoms with Gasteiger partial charge in [-0.05, 0) is 54.3 Å². The first-order valence-electron chi connectivity index (χ1n) is 11.9. The number of aromatic carboxylic acids is 1. The van der Waals surface area contributed by atoms with Gasteiger partial charge in [0.25, 0.3) is 5.91 Å². The van der Waals surface area contributed by atoms with Crippen molar-refractivity contribution in [3.63, 3.8) is 0 Å². The summed E-state index contributed by atoms with van der Waals surface area (Å²) >= 11 is 0. The topological polar surface area (TPSA) is 108 Å². The number of carbonyl (C=O) groups is 3. The van der Waals surface area contributed by atoms with Gasteiger partial charge < -0.3 is 20.5 Å². The molecule has 184 valence electrons. The van der Waals surface area contributed by atoms with Crippen LogP contribution in [0.1, 0.15) is 33.6 Å². The summed E-state index contributed by atoms with van der Waals surface area (Å²) in [6, 6.07) is 21.6. The molecule has 3 N–H and O–H groups in total. The fourth-order valence-corrected chi connectivity index (χ4v) is 4.59. The number of anilines is 2. The number of hydrogen-bond donors (Lipinski definition) is 3. The van der Waals surface area contributed by atoms with Crippen LogP contribution in [0.25, 0.3) is 11.1 Å². The lowest BCUT2D eigenvalue weighted by Crippen LogP contribution is -2.51. The standard InChI is InChI=1S/C28H27N3O5/c32-25(29-22-9-6-20(7-10-22)19-4-2-1-3-5-19)21-8-11-23(26(33)34)24(18-21)30-27(35)28(12-13-28)31-14-16-36-17-15-31/h1-11,18H,12-17H2,(H,29,32)(H,30,35)(H,33,34). The molecule has 1 heterocycles. The third-order valence-corrected chi connectivity index (χ3v) is 6.77. The van der Waals surface area contributed by atoms with Crippen LogP contribution in [-0.2, 0) is 9.53 Å². The van der Waals surface area contributed by atoms with E-state index in [-0.39, 0.29) is 22.7 Å². The van der Waals surface area contributed by atoms with Crippen molar-refractivity contribution in [2.75, 3.05) is 36.9 Å². The van der Waals surface area contributed by atoms with Crippen LogP contribution in [-0.4, -0.2) is 59.6 Å². The quantitative estimate of drug-likeness (QED) is 0.465. The van der Waals surface area contributed by atoms with Gasteiger partial charge in [0, 0.05) is 24.3 Å². The predicted molar refractivity (Wildman–Crippen MR) is 136 cm³/mol. The lowest BCUT2D eigenvalue weighted by atomic mass is 10.1. The maximum absolute atomic E-state index is 13.2. The van der Waals surface area contributed by atoms with Crippen LogP contribution in [0.15, 0.2) is 72.8 Å². The molecule has 0 atom stereocenters. The van der Waals surface area contributed by atoms with E-state index >= 15 is 0 Å². The molecule has 2 fully saturated rings. The van der Waals surface area contributed by atoms with Gasteiger partial charge in [-0.25, -0.2) is 4.79 Å². The minimum Gasteiger partial charge on any atom is -0.478 e. The largest absolute Gasteiger partial charge is 0.478 e. The zero-order valence-corrected chi connectivity index (χ0v) is 19.7. The SMILES string of the molecule is O=C(Nc1ccc(-c2ccccc2)cc1)c1ccc(C(=O)O)c(NC(=O)C2(N3CCOCC3)CC2)c1. The fourth-order valence-electron chi connectivity index (χ4n) is 4.59. The third kappa shape index (κ3) is 4.86. The monoisotopic (exact) mass is 485 g/mol. The second kappa shape index (κ2) is 9.93. The van der Waals surface area contributed by atoms with Gasteiger partial charge in [-0.1, -0.05) is 42.5 Å². The number of benzene rings is 3. The minimum atomic E-state index is -1.18. The molecule has 1 aliphatic heterocycles. The Bertz CT molecular complexity index is 1280. The number of nitrogens with zero attached hydrogens (tertiary/aromatic N) is 1. The molecular weight excluding hydrogens is 458 g/mol. The molecule has 0 spiro atoms. The van der Waals surface area contributed by atoms with Gasteiger partial charge in [-0.15, -0.1) is 0 Å². The molecule has 1 aliphatic carbocycles. The summed E-state index contributed by atoms with van der Waals surface area (Å²) in [5.41, 5.74) is 2.36. The zero-order chi connectivity index (χ0) is 25.1. The van der Waals surface area contributed by atoms with E-state index in [1.54, 1.807) is 0 Å². The van der Waals surface area contributed by atoms with E-state index < -0.39 is 17.4 Å². The summed E-state index contributed by atoms with van der Waals surface area (Å²) in [7, 11) is 0. The van der Waals surface area contributed by atoms with Crippen molar-refractivity contribution in [2.24, 2.45) is 0 Å². The summed E-state index contributed by atoms with van der Waals surface area (Å²) in [6.45, 7) is 2.45. The molecule has 1 saturated heterocycles. The smallest absolute Gasteiger partial charge is 0.337 e. The van der Waals surface area contributed by atoms with Crippen LogP contribution < -0.4 is 10.6 Å². The molecule has 2 aliphatic rings. The highest BCUT2D eigenvalue weighted by Crippen LogP contribution is 2.43. The van der Waals surface area contributed by atoms with Crippen molar-refractivity contribution >= 4 is 29.2 Å². The maximum Gasteiger partial charge on any atom is 0.337 e. The highest BCUT2D eigenvalue weighted by atomic mass is 16.5. The highest BCUT2D eigenvalue weighted by molar-refractivity contribution is 6.09. The van der Waals surface area contributed by atoms with Crippen LogP contribution >= 0.6 is 0 Å². The average molecular weight is 486 g/mol. The molecule has 0 aromatic heterocycles. The molecule has 1 saturated carbocycles. The van der Waals surface area contributed by atoms with Gasteiger partial charge in [-0.3, -0.25) is 14.5 Å². The van der Waals surface area contributed by atoms with Gasteiger partial charge in [0.05, 0.1) is 24.5 Å². The number of carboxylic acid groups (broad SMARTS) is 1. The second-order valence-corrected chi connectivity index (χ2v) is 9.05. The van der Waals surface area contributed by atoms with E-state index in [1.165, 1.54) is 18.2 Å². The van der Waals surface area contributed by atoms with Crippen molar-refractivity contribution in [2.45, 2.75) is 18.4 Å². The number of hydrogen-bond acceptors (Lipinski definition) is 5. The first-order chi connectivity index (χ1) is 17.5. The van der Waals surface area contributed by atoms with Gasteiger partial charge in [0.1, 0.15) is 5.54 Å². The van der Waals surface area contributed by atoms with Crippen LogP contribution in [0.5, 0.6) is 0 Å². The van der Waals surface area contributed by atoms with Crippen molar-refractivity contribution in [3.05, 3.63) is 83.9 Å². The first-order valence-corrected chi connectivity index (χ1v) is 11.9. The Kier molecular flexibility index (Phi) is 6.54. The number of morpholine rings is 1. The Balaban J connectivity index is 1.32. The van der Waals surface area contributed by atoms with E-state index in [0.717, 1.165) is 11.1 Å².